The number of ketones is 2. The summed E-state index contributed by atoms with van der Waals surface area (Å²) in [4.78, 5) is 40.4. The van der Waals surface area contributed by atoms with Gasteiger partial charge in [0.25, 0.3) is 0 Å². The molecule has 6 heteroatoms. The van der Waals surface area contributed by atoms with Gasteiger partial charge in [-0.2, -0.15) is 5.26 Å². The quantitative estimate of drug-likeness (QED) is 0.333. The zero-order chi connectivity index (χ0) is 32.4. The second kappa shape index (κ2) is 10.6. The van der Waals surface area contributed by atoms with Crippen LogP contribution in [0.5, 0.6) is 0 Å². The number of hydrogen-bond donors (Lipinski definition) is 1. The molecule has 6 atom stereocenters. The highest BCUT2D eigenvalue weighted by Gasteiger charge is 2.67. The Morgan fingerprint density at radius 1 is 1.07 bits per heavy atom. The molecule has 0 aliphatic heterocycles. The van der Waals surface area contributed by atoms with Gasteiger partial charge in [-0.25, -0.2) is 4.79 Å². The summed E-state index contributed by atoms with van der Waals surface area (Å²) in [6, 6.07) is 2.19. The van der Waals surface area contributed by atoms with Crippen LogP contribution in [0.3, 0.4) is 0 Å². The number of hydrogen-bond acceptors (Lipinski definition) is 5. The number of carbonyl (C=O) groups excluding carboxylic acids is 3. The highest BCUT2D eigenvalue weighted by Crippen LogP contribution is 2.72. The molecular weight excluding hydrogens is 536 g/mol. The molecule has 0 aromatic carbocycles. The van der Waals surface area contributed by atoms with Crippen LogP contribution in [-0.2, 0) is 14.3 Å². The van der Waals surface area contributed by atoms with E-state index in [2.05, 4.69) is 52.9 Å². The molecule has 0 bridgehead atoms. The van der Waals surface area contributed by atoms with Crippen molar-refractivity contribution in [2.45, 2.75) is 133 Å². The molecular formula is C37H56N2O4. The summed E-state index contributed by atoms with van der Waals surface area (Å²) in [6.07, 6.45) is 10.8. The third kappa shape index (κ3) is 5.53. The molecule has 6 nitrogen and oxygen atoms in total. The van der Waals surface area contributed by atoms with Gasteiger partial charge in [0.2, 0.25) is 0 Å². The maximum Gasteiger partial charge on any atom is 0.407 e. The third-order valence-corrected chi connectivity index (χ3v) is 12.9. The van der Waals surface area contributed by atoms with Crippen molar-refractivity contribution in [2.24, 2.45) is 44.3 Å². The van der Waals surface area contributed by atoms with Gasteiger partial charge < -0.3 is 10.1 Å². The first-order chi connectivity index (χ1) is 19.6. The number of rotatable bonds is 6. The number of alkyl carbamates (subject to hydrolysis) is 1. The minimum Gasteiger partial charge on any atom is -0.444 e. The highest BCUT2D eigenvalue weighted by molar-refractivity contribution is 6.04. The Morgan fingerprint density at radius 2 is 1.72 bits per heavy atom. The molecule has 0 saturated heterocycles. The maximum atomic E-state index is 14.4. The number of fused-ring (bicyclic) bond motifs is 5. The second-order valence-corrected chi connectivity index (χ2v) is 17.4. The van der Waals surface area contributed by atoms with Crippen molar-refractivity contribution in [1.29, 1.82) is 5.26 Å². The summed E-state index contributed by atoms with van der Waals surface area (Å²) in [7, 11) is 0. The van der Waals surface area contributed by atoms with E-state index in [0.29, 0.717) is 6.54 Å². The summed E-state index contributed by atoms with van der Waals surface area (Å²) in [5, 5.41) is 13.0. The summed E-state index contributed by atoms with van der Waals surface area (Å²) in [5.41, 5.74) is -0.952. The molecule has 4 aliphatic carbocycles. The summed E-state index contributed by atoms with van der Waals surface area (Å²) in [5.74, 6) is -0.0377. The van der Waals surface area contributed by atoms with Gasteiger partial charge in [0, 0.05) is 23.3 Å². The molecule has 4 aliphatic rings. The van der Waals surface area contributed by atoms with Gasteiger partial charge in [-0.15, -0.1) is 0 Å². The Labute approximate surface area is 260 Å². The highest BCUT2D eigenvalue weighted by atomic mass is 16.6. The fourth-order valence-corrected chi connectivity index (χ4v) is 9.41. The number of amides is 1. The zero-order valence-electron chi connectivity index (χ0n) is 28.8. The Morgan fingerprint density at radius 3 is 2.30 bits per heavy atom. The molecule has 2 saturated carbocycles. The van der Waals surface area contributed by atoms with E-state index in [1.165, 1.54) is 0 Å². The number of carbonyl (C=O) groups is 3. The molecule has 0 radical (unpaired) electrons. The Kier molecular flexibility index (Phi) is 8.24. The van der Waals surface area contributed by atoms with Gasteiger partial charge in [0.05, 0.1) is 5.57 Å². The Balaban J connectivity index is 1.74. The second-order valence-electron chi connectivity index (χ2n) is 17.4. The minimum atomic E-state index is -0.668. The van der Waals surface area contributed by atoms with Gasteiger partial charge in [-0.05, 0) is 99.4 Å². The van der Waals surface area contributed by atoms with Crippen LogP contribution < -0.4 is 5.32 Å². The number of allylic oxidation sites excluding steroid dienone is 4. The molecule has 0 aromatic rings. The average molecular weight is 593 g/mol. The van der Waals surface area contributed by atoms with E-state index in [9.17, 15) is 19.6 Å². The van der Waals surface area contributed by atoms with E-state index in [1.54, 1.807) is 0 Å². The van der Waals surface area contributed by atoms with Gasteiger partial charge >= 0.3 is 6.09 Å². The van der Waals surface area contributed by atoms with Gasteiger partial charge in [0.1, 0.15) is 11.7 Å². The molecule has 4 rings (SSSR count). The van der Waals surface area contributed by atoms with Gasteiger partial charge in [-0.1, -0.05) is 73.5 Å². The lowest BCUT2D eigenvalue weighted by molar-refractivity contribution is -0.147. The SMILES string of the molecule is CCC(C)(C)CC[C@]1(CNC(=O)OC(C)(C)C)CC[C@]2(C)[C@@H](C1)C(=O)C=C1[C@@]3(C)C=C(C#N)C(=O)C(C)(C)[C@@H]3CC[C@]12C. The van der Waals surface area contributed by atoms with Crippen LogP contribution in [0, 0.1) is 55.7 Å². The normalized spacial score (nSPS) is 37.2. The van der Waals surface area contributed by atoms with Crippen LogP contribution >= 0.6 is 0 Å². The monoisotopic (exact) mass is 592 g/mol. The lowest BCUT2D eigenvalue weighted by Crippen LogP contribution is -2.62. The number of ether oxygens (including phenoxy) is 1. The van der Waals surface area contributed by atoms with Crippen LogP contribution in [0.15, 0.2) is 23.3 Å². The molecule has 0 unspecified atom stereocenters. The predicted molar refractivity (Wildman–Crippen MR) is 170 cm³/mol. The first kappa shape index (κ1) is 33.5. The van der Waals surface area contributed by atoms with E-state index < -0.39 is 22.5 Å². The first-order valence-electron chi connectivity index (χ1n) is 16.5. The largest absolute Gasteiger partial charge is 0.444 e. The van der Waals surface area contributed by atoms with Crippen molar-refractivity contribution in [2.75, 3.05) is 6.54 Å². The number of nitrogens with one attached hydrogen (secondary N) is 1. The number of nitriles is 1. The molecule has 238 valence electrons. The first-order valence-corrected chi connectivity index (χ1v) is 16.5. The topological polar surface area (TPSA) is 96.3 Å². The zero-order valence-corrected chi connectivity index (χ0v) is 28.8. The standard InChI is InChI=1S/C37H56N2O4/c1-12-32(5,6)15-17-37(23-39-30(42)43-31(2,3)4)18-16-35(10)25(21-37)26(40)19-28-34(9)20-24(22-38)29(41)33(7,8)27(34)13-14-36(28,35)11/h19-20,25,27H,12-18,21,23H2,1-11H3,(H,39,42)/t25-,27-,34-,35+,36+,37-/m0/s1. The van der Waals surface area contributed by atoms with E-state index >= 15 is 0 Å². The van der Waals surface area contributed by atoms with E-state index in [-0.39, 0.29) is 50.6 Å². The minimum absolute atomic E-state index is 0.0360. The summed E-state index contributed by atoms with van der Waals surface area (Å²) >= 11 is 0. The molecule has 2 fully saturated rings. The number of Topliss-reactive ketones (excluding diaryl/α,β-unsaturated/α-hetero) is 1. The van der Waals surface area contributed by atoms with Crippen LogP contribution in [0.2, 0.25) is 0 Å². The summed E-state index contributed by atoms with van der Waals surface area (Å²) in [6.45, 7) is 23.7. The molecule has 1 N–H and O–H groups in total. The van der Waals surface area contributed by atoms with Crippen LogP contribution in [0.25, 0.3) is 0 Å². The van der Waals surface area contributed by atoms with Crippen molar-refractivity contribution in [3.05, 3.63) is 23.3 Å². The van der Waals surface area contributed by atoms with E-state index in [4.69, 9.17) is 4.74 Å². The van der Waals surface area contributed by atoms with Crippen molar-refractivity contribution in [3.63, 3.8) is 0 Å². The molecule has 43 heavy (non-hydrogen) atoms. The van der Waals surface area contributed by atoms with Crippen molar-refractivity contribution in [3.8, 4) is 6.07 Å². The van der Waals surface area contributed by atoms with Gasteiger partial charge in [-0.3, -0.25) is 9.59 Å². The lowest BCUT2D eigenvalue weighted by Gasteiger charge is -2.66. The van der Waals surface area contributed by atoms with Crippen molar-refractivity contribution < 1.29 is 19.1 Å². The number of nitrogens with zero attached hydrogens (tertiary/aromatic N) is 1. The van der Waals surface area contributed by atoms with Crippen LogP contribution in [0.4, 0.5) is 4.79 Å². The lowest BCUT2D eigenvalue weighted by atomic mass is 9.36. The molecule has 1 amide bonds. The average Bonchev–Trinajstić information content (AvgIpc) is 2.90. The maximum absolute atomic E-state index is 14.4. The fraction of sp³-hybridized carbons (Fsp3) is 0.784. The van der Waals surface area contributed by atoms with Crippen LogP contribution in [0.1, 0.15) is 128 Å². The van der Waals surface area contributed by atoms with Crippen LogP contribution in [-0.4, -0.2) is 29.8 Å². The third-order valence-electron chi connectivity index (χ3n) is 12.9. The Hall–Kier alpha value is -2.42. The summed E-state index contributed by atoms with van der Waals surface area (Å²) < 4.78 is 5.60. The van der Waals surface area contributed by atoms with Crippen molar-refractivity contribution in [1.82, 2.24) is 5.32 Å². The van der Waals surface area contributed by atoms with Crippen molar-refractivity contribution >= 4 is 17.7 Å². The van der Waals surface area contributed by atoms with E-state index in [1.807, 2.05) is 46.8 Å². The molecule has 0 aromatic heterocycles. The van der Waals surface area contributed by atoms with Gasteiger partial charge in [0.15, 0.2) is 11.6 Å². The smallest absolute Gasteiger partial charge is 0.407 e. The van der Waals surface area contributed by atoms with E-state index in [0.717, 1.165) is 56.9 Å². The fourth-order valence-electron chi connectivity index (χ4n) is 9.41. The molecule has 0 heterocycles. The molecule has 0 spiro atoms. The Bertz CT molecular complexity index is 1290. The predicted octanol–water partition coefficient (Wildman–Crippen LogP) is 8.51.